The molecule has 2 rings (SSSR count). The molecule has 0 aliphatic carbocycles. The SMILES string of the molecule is O=C(O)c1cccc(F)c1C=Cc1ccc(Br)cc1. The highest BCUT2D eigenvalue weighted by Crippen LogP contribution is 2.18. The molecule has 0 radical (unpaired) electrons. The third-order valence-corrected chi connectivity index (χ3v) is 3.12. The molecule has 0 spiro atoms. The molecule has 0 saturated heterocycles. The van der Waals surface area contributed by atoms with Gasteiger partial charge in [-0.2, -0.15) is 0 Å². The van der Waals surface area contributed by atoms with E-state index in [2.05, 4.69) is 15.9 Å². The lowest BCUT2D eigenvalue weighted by Crippen LogP contribution is -2.01. The summed E-state index contributed by atoms with van der Waals surface area (Å²) in [6.07, 6.45) is 3.15. The van der Waals surface area contributed by atoms with Crippen LogP contribution in [0.1, 0.15) is 21.5 Å². The average molecular weight is 321 g/mol. The Morgan fingerprint density at radius 3 is 2.42 bits per heavy atom. The van der Waals surface area contributed by atoms with Crippen LogP contribution in [0.25, 0.3) is 12.2 Å². The van der Waals surface area contributed by atoms with Crippen molar-refractivity contribution in [3.63, 3.8) is 0 Å². The second-order valence-corrected chi connectivity index (χ2v) is 4.81. The second kappa shape index (κ2) is 5.80. The molecule has 0 atom stereocenters. The summed E-state index contributed by atoms with van der Waals surface area (Å²) in [6, 6.07) is 11.4. The molecule has 2 aromatic rings. The van der Waals surface area contributed by atoms with E-state index in [-0.39, 0.29) is 11.1 Å². The summed E-state index contributed by atoms with van der Waals surface area (Å²) in [5.41, 5.74) is 0.897. The summed E-state index contributed by atoms with van der Waals surface area (Å²) in [4.78, 5) is 11.0. The highest BCUT2D eigenvalue weighted by atomic mass is 79.9. The number of hydrogen-bond donors (Lipinski definition) is 1. The molecule has 1 N–H and O–H groups in total. The third kappa shape index (κ3) is 3.29. The van der Waals surface area contributed by atoms with Gasteiger partial charge in [0.15, 0.2) is 0 Å². The smallest absolute Gasteiger partial charge is 0.336 e. The van der Waals surface area contributed by atoms with E-state index in [0.717, 1.165) is 10.0 Å². The van der Waals surface area contributed by atoms with E-state index in [4.69, 9.17) is 5.11 Å². The van der Waals surface area contributed by atoms with Crippen molar-refractivity contribution < 1.29 is 14.3 Å². The molecule has 0 fully saturated rings. The topological polar surface area (TPSA) is 37.3 Å². The molecule has 0 unspecified atom stereocenters. The van der Waals surface area contributed by atoms with Gasteiger partial charge in [-0.15, -0.1) is 0 Å². The molecule has 96 valence electrons. The Labute approximate surface area is 118 Å². The van der Waals surface area contributed by atoms with Gasteiger partial charge in [0, 0.05) is 10.0 Å². The van der Waals surface area contributed by atoms with Crippen molar-refractivity contribution in [1.82, 2.24) is 0 Å². The van der Waals surface area contributed by atoms with Gasteiger partial charge in [-0.1, -0.05) is 46.3 Å². The van der Waals surface area contributed by atoms with Gasteiger partial charge < -0.3 is 5.11 Å². The van der Waals surface area contributed by atoms with Gasteiger partial charge in [-0.05, 0) is 29.8 Å². The Morgan fingerprint density at radius 2 is 1.79 bits per heavy atom. The monoisotopic (exact) mass is 320 g/mol. The minimum absolute atomic E-state index is 0.0478. The first-order chi connectivity index (χ1) is 9.08. The van der Waals surface area contributed by atoms with E-state index in [1.54, 1.807) is 6.08 Å². The fourth-order valence-corrected chi connectivity index (χ4v) is 1.91. The zero-order valence-electron chi connectivity index (χ0n) is 9.81. The molecule has 0 amide bonds. The Morgan fingerprint density at radius 1 is 1.11 bits per heavy atom. The van der Waals surface area contributed by atoms with E-state index in [0.29, 0.717) is 0 Å². The quantitative estimate of drug-likeness (QED) is 0.848. The molecule has 2 nitrogen and oxygen atoms in total. The fraction of sp³-hybridized carbons (Fsp3) is 0. The van der Waals surface area contributed by atoms with Crippen LogP contribution < -0.4 is 0 Å². The largest absolute Gasteiger partial charge is 0.478 e. The Kier molecular flexibility index (Phi) is 4.12. The van der Waals surface area contributed by atoms with E-state index in [9.17, 15) is 9.18 Å². The van der Waals surface area contributed by atoms with E-state index < -0.39 is 11.8 Å². The zero-order chi connectivity index (χ0) is 13.8. The van der Waals surface area contributed by atoms with Crippen LogP contribution in [0.2, 0.25) is 0 Å². The summed E-state index contributed by atoms with van der Waals surface area (Å²) in [6.45, 7) is 0. The Balaban J connectivity index is 2.37. The third-order valence-electron chi connectivity index (χ3n) is 2.60. The number of benzene rings is 2. The van der Waals surface area contributed by atoms with E-state index >= 15 is 0 Å². The number of rotatable bonds is 3. The second-order valence-electron chi connectivity index (χ2n) is 3.89. The molecule has 0 heterocycles. The van der Waals surface area contributed by atoms with Crippen LogP contribution in [0, 0.1) is 5.82 Å². The molecular weight excluding hydrogens is 311 g/mol. The summed E-state index contributed by atoms with van der Waals surface area (Å²) in [7, 11) is 0. The van der Waals surface area contributed by atoms with Crippen LogP contribution in [-0.4, -0.2) is 11.1 Å². The fourth-order valence-electron chi connectivity index (χ4n) is 1.65. The number of carboxylic acids is 1. The van der Waals surface area contributed by atoms with Gasteiger partial charge >= 0.3 is 5.97 Å². The molecule has 0 bridgehead atoms. The van der Waals surface area contributed by atoms with Crippen molar-refractivity contribution in [2.24, 2.45) is 0 Å². The van der Waals surface area contributed by atoms with Gasteiger partial charge in [0.1, 0.15) is 5.82 Å². The zero-order valence-corrected chi connectivity index (χ0v) is 11.4. The molecule has 0 aromatic heterocycles. The molecule has 2 aromatic carbocycles. The number of carboxylic acid groups (broad SMARTS) is 1. The summed E-state index contributed by atoms with van der Waals surface area (Å²) in [5.74, 6) is -1.69. The minimum atomic E-state index is -1.14. The van der Waals surface area contributed by atoms with Gasteiger partial charge in [0.2, 0.25) is 0 Å². The van der Waals surface area contributed by atoms with Crippen molar-refractivity contribution in [3.8, 4) is 0 Å². The normalized spacial score (nSPS) is 10.8. The number of aromatic carboxylic acids is 1. The van der Waals surface area contributed by atoms with Crippen LogP contribution in [0.5, 0.6) is 0 Å². The predicted molar refractivity (Wildman–Crippen MR) is 76.4 cm³/mol. The van der Waals surface area contributed by atoms with E-state index in [1.807, 2.05) is 24.3 Å². The lowest BCUT2D eigenvalue weighted by atomic mass is 10.1. The van der Waals surface area contributed by atoms with Crippen LogP contribution in [0.3, 0.4) is 0 Å². The summed E-state index contributed by atoms with van der Waals surface area (Å²) < 4.78 is 14.6. The Bertz CT molecular complexity index is 633. The lowest BCUT2D eigenvalue weighted by Gasteiger charge is -2.02. The average Bonchev–Trinajstić information content (AvgIpc) is 2.39. The molecule has 0 saturated carbocycles. The van der Waals surface area contributed by atoms with Crippen molar-refractivity contribution in [3.05, 3.63) is 69.4 Å². The maximum Gasteiger partial charge on any atom is 0.336 e. The predicted octanol–water partition coefficient (Wildman–Crippen LogP) is 4.46. The van der Waals surface area contributed by atoms with Crippen molar-refractivity contribution >= 4 is 34.1 Å². The standard InChI is InChI=1S/C15H10BrFO2/c16-11-7-4-10(5-8-11)6-9-12-13(15(18)19)2-1-3-14(12)17/h1-9H,(H,18,19). The molecule has 0 aliphatic rings. The highest BCUT2D eigenvalue weighted by molar-refractivity contribution is 9.10. The number of halogens is 2. The number of carbonyl (C=O) groups is 1. The first kappa shape index (κ1) is 13.5. The van der Waals surface area contributed by atoms with E-state index in [1.165, 1.54) is 24.3 Å². The van der Waals surface area contributed by atoms with Gasteiger partial charge in [-0.3, -0.25) is 0 Å². The van der Waals surface area contributed by atoms with Crippen molar-refractivity contribution in [2.75, 3.05) is 0 Å². The molecule has 0 aliphatic heterocycles. The molecular formula is C15H10BrFO2. The van der Waals surface area contributed by atoms with Crippen LogP contribution in [0.15, 0.2) is 46.9 Å². The van der Waals surface area contributed by atoms with Gasteiger partial charge in [0.05, 0.1) is 5.56 Å². The van der Waals surface area contributed by atoms with Gasteiger partial charge in [0.25, 0.3) is 0 Å². The summed E-state index contributed by atoms with van der Waals surface area (Å²) in [5, 5.41) is 9.02. The highest BCUT2D eigenvalue weighted by Gasteiger charge is 2.11. The van der Waals surface area contributed by atoms with Crippen molar-refractivity contribution in [1.29, 1.82) is 0 Å². The Hall–Kier alpha value is -1.94. The first-order valence-corrected chi connectivity index (χ1v) is 6.32. The maximum atomic E-state index is 13.7. The molecule has 19 heavy (non-hydrogen) atoms. The molecule has 4 heteroatoms. The van der Waals surface area contributed by atoms with Crippen molar-refractivity contribution in [2.45, 2.75) is 0 Å². The van der Waals surface area contributed by atoms with Gasteiger partial charge in [-0.25, -0.2) is 9.18 Å². The lowest BCUT2D eigenvalue weighted by molar-refractivity contribution is 0.0696. The van der Waals surface area contributed by atoms with Crippen LogP contribution in [-0.2, 0) is 0 Å². The number of hydrogen-bond acceptors (Lipinski definition) is 1. The first-order valence-electron chi connectivity index (χ1n) is 5.53. The summed E-state index contributed by atoms with van der Waals surface area (Å²) >= 11 is 3.32. The van der Waals surface area contributed by atoms with Crippen LogP contribution >= 0.6 is 15.9 Å². The minimum Gasteiger partial charge on any atom is -0.478 e. The van der Waals surface area contributed by atoms with Crippen LogP contribution in [0.4, 0.5) is 4.39 Å². The maximum absolute atomic E-state index is 13.7.